The Bertz CT molecular complexity index is 316. The maximum Gasteiger partial charge on any atom is 0.316 e. The summed E-state index contributed by atoms with van der Waals surface area (Å²) >= 11 is 0. The van der Waals surface area contributed by atoms with Crippen molar-refractivity contribution in [3.8, 4) is 5.75 Å². The molecule has 0 saturated heterocycles. The summed E-state index contributed by atoms with van der Waals surface area (Å²) in [5, 5.41) is 2.37. The number of amides is 2. The summed E-state index contributed by atoms with van der Waals surface area (Å²) in [7, 11) is 1.87. The van der Waals surface area contributed by atoms with Crippen molar-refractivity contribution in [1.82, 2.24) is 0 Å². The molecule has 4 nitrogen and oxygen atoms in total. The summed E-state index contributed by atoms with van der Waals surface area (Å²) in [6, 6.07) is 5.54. The Morgan fingerprint density at radius 3 is 2.50 bits per heavy atom. The number of rotatable bonds is 3. The largest absolute Gasteiger partial charge is 0.457 e. The van der Waals surface area contributed by atoms with Crippen LogP contribution in [0.25, 0.3) is 0 Å². The number of carbonyl (C=O) groups is 1. The molecule has 0 heterocycles. The van der Waals surface area contributed by atoms with Crippen LogP contribution in [0.2, 0.25) is 0 Å². The van der Waals surface area contributed by atoms with Crippen molar-refractivity contribution < 1.29 is 13.9 Å². The van der Waals surface area contributed by atoms with Gasteiger partial charge in [-0.15, -0.1) is 0 Å². The number of urea groups is 1. The van der Waals surface area contributed by atoms with Crippen molar-refractivity contribution in [2.75, 3.05) is 5.32 Å². The standard InChI is InChI=1S/C8H10FN2O2P/c9-7(14)13-6-3-1-5(2-4-6)11-8(10)12/h1-4,7H,14H2,(H3,10,11,12). The van der Waals surface area contributed by atoms with E-state index in [1.54, 1.807) is 12.1 Å². The van der Waals surface area contributed by atoms with Gasteiger partial charge in [-0.1, -0.05) is 9.24 Å². The molecular formula is C8H10FN2O2P. The molecule has 2 unspecified atom stereocenters. The van der Waals surface area contributed by atoms with Crippen LogP contribution >= 0.6 is 9.24 Å². The number of alkyl halides is 1. The van der Waals surface area contributed by atoms with E-state index in [0.29, 0.717) is 11.4 Å². The van der Waals surface area contributed by atoms with E-state index in [1.807, 2.05) is 9.24 Å². The number of hydrogen-bond acceptors (Lipinski definition) is 2. The second kappa shape index (κ2) is 4.77. The zero-order chi connectivity index (χ0) is 10.6. The summed E-state index contributed by atoms with van der Waals surface area (Å²) < 4.78 is 17.1. The zero-order valence-corrected chi connectivity index (χ0v) is 8.39. The van der Waals surface area contributed by atoms with E-state index in [0.717, 1.165) is 0 Å². The maximum atomic E-state index is 12.3. The molecule has 1 aromatic rings. The maximum absolute atomic E-state index is 12.3. The molecule has 0 aliphatic carbocycles. The van der Waals surface area contributed by atoms with E-state index in [9.17, 15) is 9.18 Å². The van der Waals surface area contributed by atoms with E-state index in [1.165, 1.54) is 12.1 Å². The molecule has 1 rings (SSSR count). The van der Waals surface area contributed by atoms with Crippen LogP contribution in [0.4, 0.5) is 14.9 Å². The van der Waals surface area contributed by atoms with Gasteiger partial charge in [-0.25, -0.2) is 4.79 Å². The number of nitrogens with two attached hydrogens (primary N) is 1. The van der Waals surface area contributed by atoms with E-state index in [2.05, 4.69) is 5.32 Å². The van der Waals surface area contributed by atoms with Crippen LogP contribution in [-0.4, -0.2) is 12.1 Å². The molecule has 0 aliphatic heterocycles. The number of hydrogen-bond donors (Lipinski definition) is 2. The van der Waals surface area contributed by atoms with Crippen LogP contribution in [0.5, 0.6) is 5.75 Å². The highest BCUT2D eigenvalue weighted by molar-refractivity contribution is 7.16. The molecule has 1 aromatic carbocycles. The number of primary amides is 1. The van der Waals surface area contributed by atoms with Gasteiger partial charge in [0, 0.05) is 5.69 Å². The first-order chi connectivity index (χ1) is 6.58. The van der Waals surface area contributed by atoms with Crippen LogP contribution in [0, 0.1) is 0 Å². The fourth-order valence-corrected chi connectivity index (χ4v) is 1.05. The van der Waals surface area contributed by atoms with E-state index < -0.39 is 12.1 Å². The highest BCUT2D eigenvalue weighted by atomic mass is 31.0. The van der Waals surface area contributed by atoms with Gasteiger partial charge in [-0.05, 0) is 24.3 Å². The fourth-order valence-electron chi connectivity index (χ4n) is 0.889. The first-order valence-electron chi connectivity index (χ1n) is 3.81. The van der Waals surface area contributed by atoms with E-state index in [-0.39, 0.29) is 0 Å². The Kier molecular flexibility index (Phi) is 3.65. The molecule has 0 fully saturated rings. The molecule has 0 aromatic heterocycles. The smallest absolute Gasteiger partial charge is 0.316 e. The van der Waals surface area contributed by atoms with Gasteiger partial charge in [-0.2, -0.15) is 4.39 Å². The molecular weight excluding hydrogens is 206 g/mol. The summed E-state index contributed by atoms with van der Waals surface area (Å²) in [5.41, 5.74) is 5.43. The Morgan fingerprint density at radius 2 is 2.07 bits per heavy atom. The first-order valence-corrected chi connectivity index (χ1v) is 4.47. The minimum atomic E-state index is -1.44. The average molecular weight is 216 g/mol. The van der Waals surface area contributed by atoms with Gasteiger partial charge in [0.15, 0.2) is 0 Å². The zero-order valence-electron chi connectivity index (χ0n) is 7.24. The third kappa shape index (κ3) is 3.58. The summed E-state index contributed by atoms with van der Waals surface area (Å²) in [4.78, 5) is 10.4. The molecule has 14 heavy (non-hydrogen) atoms. The Labute approximate surface area is 82.8 Å². The van der Waals surface area contributed by atoms with Crippen molar-refractivity contribution in [2.45, 2.75) is 6.10 Å². The minimum absolute atomic E-state index is 0.377. The lowest BCUT2D eigenvalue weighted by Crippen LogP contribution is -2.19. The lowest BCUT2D eigenvalue weighted by atomic mass is 10.3. The van der Waals surface area contributed by atoms with Crippen molar-refractivity contribution >= 4 is 21.0 Å². The van der Waals surface area contributed by atoms with Crippen molar-refractivity contribution in [2.24, 2.45) is 5.73 Å². The van der Waals surface area contributed by atoms with Gasteiger partial charge in [0.05, 0.1) is 0 Å². The molecule has 0 bridgehead atoms. The molecule has 0 radical (unpaired) electrons. The van der Waals surface area contributed by atoms with Gasteiger partial charge in [0.2, 0.25) is 6.10 Å². The molecule has 76 valence electrons. The van der Waals surface area contributed by atoms with Crippen LogP contribution in [0.15, 0.2) is 24.3 Å². The minimum Gasteiger partial charge on any atom is -0.457 e. The van der Waals surface area contributed by atoms with Crippen molar-refractivity contribution in [1.29, 1.82) is 0 Å². The highest BCUT2D eigenvalue weighted by Gasteiger charge is 2.00. The predicted molar refractivity (Wildman–Crippen MR) is 54.9 cm³/mol. The lowest BCUT2D eigenvalue weighted by Gasteiger charge is -2.07. The molecule has 6 heteroatoms. The normalized spacial score (nSPS) is 11.9. The third-order valence-electron chi connectivity index (χ3n) is 1.37. The quantitative estimate of drug-likeness (QED) is 0.755. The first kappa shape index (κ1) is 10.7. The van der Waals surface area contributed by atoms with E-state index in [4.69, 9.17) is 10.5 Å². The topological polar surface area (TPSA) is 64.4 Å². The summed E-state index contributed by atoms with van der Waals surface area (Å²) in [5.74, 6) is 0.377. The van der Waals surface area contributed by atoms with E-state index >= 15 is 0 Å². The van der Waals surface area contributed by atoms with Crippen LogP contribution in [0.3, 0.4) is 0 Å². The second-order valence-corrected chi connectivity index (χ2v) is 3.01. The fraction of sp³-hybridized carbons (Fsp3) is 0.125. The van der Waals surface area contributed by atoms with Gasteiger partial charge >= 0.3 is 6.03 Å². The monoisotopic (exact) mass is 216 g/mol. The lowest BCUT2D eigenvalue weighted by molar-refractivity contribution is 0.153. The highest BCUT2D eigenvalue weighted by Crippen LogP contribution is 2.18. The molecule has 0 aliphatic rings. The van der Waals surface area contributed by atoms with Gasteiger partial charge < -0.3 is 15.8 Å². The van der Waals surface area contributed by atoms with Crippen LogP contribution < -0.4 is 15.8 Å². The van der Waals surface area contributed by atoms with Gasteiger partial charge in [0.25, 0.3) is 0 Å². The SMILES string of the molecule is NC(=O)Nc1ccc(OC(F)P)cc1. The summed E-state index contributed by atoms with van der Waals surface area (Å²) in [6.45, 7) is 0. The van der Waals surface area contributed by atoms with Crippen molar-refractivity contribution in [3.63, 3.8) is 0 Å². The van der Waals surface area contributed by atoms with Gasteiger partial charge in [-0.3, -0.25) is 0 Å². The predicted octanol–water partition coefficient (Wildman–Crippen LogP) is 1.68. The second-order valence-electron chi connectivity index (χ2n) is 2.48. The molecule has 3 N–H and O–H groups in total. The number of carbonyl (C=O) groups excluding carboxylic acids is 1. The van der Waals surface area contributed by atoms with Crippen LogP contribution in [0.1, 0.15) is 0 Å². The van der Waals surface area contributed by atoms with Gasteiger partial charge in [0.1, 0.15) is 5.75 Å². The Hall–Kier alpha value is -1.35. The molecule has 0 spiro atoms. The summed E-state index contributed by atoms with van der Waals surface area (Å²) in [6.07, 6.45) is -1.44. The van der Waals surface area contributed by atoms with Crippen molar-refractivity contribution in [3.05, 3.63) is 24.3 Å². The molecule has 0 saturated carbocycles. The number of anilines is 1. The number of halogens is 1. The Balaban J connectivity index is 2.63. The molecule has 2 atom stereocenters. The van der Waals surface area contributed by atoms with Crippen LogP contribution in [-0.2, 0) is 0 Å². The number of ether oxygens (including phenoxy) is 1. The number of benzene rings is 1. The molecule has 2 amide bonds. The third-order valence-corrected chi connectivity index (χ3v) is 1.51. The average Bonchev–Trinajstić information content (AvgIpc) is 2.06. The number of nitrogens with one attached hydrogen (secondary N) is 1. The Morgan fingerprint density at radius 1 is 1.50 bits per heavy atom.